The number of nitrogens with zero attached hydrogens (tertiary/aromatic N) is 7. The number of hydrogen-bond donors (Lipinski definition) is 2. The quantitative estimate of drug-likeness (QED) is 0.490. The number of piperidine rings is 2. The minimum absolute atomic E-state index is 0.0123. The van der Waals surface area contributed by atoms with Crippen LogP contribution in [-0.4, -0.2) is 84.7 Å². The first-order chi connectivity index (χ1) is 17.7. The standard InChI is InChI=1S/C25H36FN9O2/c1-16(28-23-30-22(27)35-24(31-23)29-20(32-35)19-5-4-14-37-19)21(36)34-12-8-18(9-13-34)17-6-10-33(11-7-17)15-25(2,3)26/h4-5,14,16-18H,6-13,15H2,1-3H3,(H3,27,28,29,30,31,32)/t16-/m0/s1. The predicted molar refractivity (Wildman–Crippen MR) is 137 cm³/mol. The first-order valence-corrected chi connectivity index (χ1v) is 13.1. The maximum absolute atomic E-state index is 14.0. The number of furan rings is 1. The van der Waals surface area contributed by atoms with Gasteiger partial charge < -0.3 is 25.3 Å². The van der Waals surface area contributed by atoms with Gasteiger partial charge in [-0.2, -0.15) is 19.5 Å². The van der Waals surface area contributed by atoms with Crippen molar-refractivity contribution in [2.75, 3.05) is 43.8 Å². The van der Waals surface area contributed by atoms with Gasteiger partial charge in [0.15, 0.2) is 5.76 Å². The Balaban J connectivity index is 1.14. The van der Waals surface area contributed by atoms with Gasteiger partial charge in [-0.3, -0.25) is 4.79 Å². The van der Waals surface area contributed by atoms with Gasteiger partial charge in [-0.1, -0.05) is 0 Å². The Morgan fingerprint density at radius 3 is 2.46 bits per heavy atom. The van der Waals surface area contributed by atoms with Crippen LogP contribution in [0.1, 0.15) is 46.5 Å². The van der Waals surface area contributed by atoms with Crippen molar-refractivity contribution in [3.05, 3.63) is 18.4 Å². The van der Waals surface area contributed by atoms with Gasteiger partial charge in [0.25, 0.3) is 5.78 Å². The lowest BCUT2D eigenvalue weighted by molar-refractivity contribution is -0.133. The second kappa shape index (κ2) is 10.2. The molecule has 37 heavy (non-hydrogen) atoms. The third-order valence-corrected chi connectivity index (χ3v) is 7.44. The summed E-state index contributed by atoms with van der Waals surface area (Å²) in [4.78, 5) is 30.3. The average Bonchev–Trinajstić information content (AvgIpc) is 3.54. The Hall–Kier alpha value is -3.28. The zero-order valence-electron chi connectivity index (χ0n) is 21.7. The fourth-order valence-corrected chi connectivity index (χ4v) is 5.61. The summed E-state index contributed by atoms with van der Waals surface area (Å²) in [5, 5.41) is 7.37. The number of hydrogen-bond acceptors (Lipinski definition) is 9. The number of rotatable bonds is 7. The first kappa shape index (κ1) is 25.4. The summed E-state index contributed by atoms with van der Waals surface area (Å²) in [6.45, 7) is 9.00. The van der Waals surface area contributed by atoms with Crippen LogP contribution in [0.3, 0.4) is 0 Å². The summed E-state index contributed by atoms with van der Waals surface area (Å²) in [5.74, 6) is 2.74. The molecule has 0 saturated carbocycles. The van der Waals surface area contributed by atoms with Gasteiger partial charge in [-0.05, 0) is 83.5 Å². The van der Waals surface area contributed by atoms with Crippen molar-refractivity contribution in [1.29, 1.82) is 0 Å². The molecule has 0 radical (unpaired) electrons. The second-order valence-corrected chi connectivity index (χ2v) is 10.9. The van der Waals surface area contributed by atoms with E-state index in [0.29, 0.717) is 30.0 Å². The number of anilines is 2. The SMILES string of the molecule is C[C@H](Nc1nc(N)n2nc(-c3ccco3)nc2n1)C(=O)N1CCC(C2CCN(CC(C)(C)F)CC2)CC1. The normalized spacial score (nSPS) is 19.4. The van der Waals surface area contributed by atoms with Gasteiger partial charge in [-0.25, -0.2) is 4.39 Å². The number of likely N-dealkylation sites (tertiary alicyclic amines) is 2. The Bertz CT molecular complexity index is 1210. The maximum Gasteiger partial charge on any atom is 0.259 e. The van der Waals surface area contributed by atoms with Gasteiger partial charge in [0.05, 0.1) is 6.26 Å². The molecule has 5 heterocycles. The van der Waals surface area contributed by atoms with E-state index in [9.17, 15) is 9.18 Å². The molecule has 0 spiro atoms. The summed E-state index contributed by atoms with van der Waals surface area (Å²) in [7, 11) is 0. The highest BCUT2D eigenvalue weighted by atomic mass is 19.1. The Labute approximate surface area is 215 Å². The van der Waals surface area contributed by atoms with Gasteiger partial charge in [0.2, 0.25) is 23.6 Å². The molecular formula is C25H36FN9O2. The zero-order chi connectivity index (χ0) is 26.2. The summed E-state index contributed by atoms with van der Waals surface area (Å²) >= 11 is 0. The Morgan fingerprint density at radius 2 is 1.84 bits per heavy atom. The van der Waals surface area contributed by atoms with E-state index in [1.807, 2.05) is 4.90 Å². The van der Waals surface area contributed by atoms with E-state index >= 15 is 0 Å². The number of nitrogen functional groups attached to an aromatic ring is 1. The van der Waals surface area contributed by atoms with Crippen molar-refractivity contribution in [2.45, 2.75) is 58.2 Å². The van der Waals surface area contributed by atoms with Crippen molar-refractivity contribution >= 4 is 23.6 Å². The monoisotopic (exact) mass is 513 g/mol. The third kappa shape index (κ3) is 5.84. The minimum atomic E-state index is -1.15. The van der Waals surface area contributed by atoms with Crippen LogP contribution in [0.25, 0.3) is 17.4 Å². The molecule has 0 aliphatic carbocycles. The molecule has 0 bridgehead atoms. The van der Waals surface area contributed by atoms with E-state index in [-0.39, 0.29) is 23.6 Å². The molecule has 3 N–H and O–H groups in total. The van der Waals surface area contributed by atoms with Crippen LogP contribution in [-0.2, 0) is 4.79 Å². The lowest BCUT2D eigenvalue weighted by Gasteiger charge is -2.41. The fraction of sp³-hybridized carbons (Fsp3) is 0.640. The lowest BCUT2D eigenvalue weighted by atomic mass is 9.78. The van der Waals surface area contributed by atoms with Gasteiger partial charge in [0.1, 0.15) is 11.7 Å². The number of aromatic nitrogens is 5. The predicted octanol–water partition coefficient (Wildman–Crippen LogP) is 2.86. The number of nitrogens with two attached hydrogens (primary N) is 1. The number of nitrogens with one attached hydrogen (secondary N) is 1. The van der Waals surface area contributed by atoms with Crippen molar-refractivity contribution in [2.24, 2.45) is 11.8 Å². The van der Waals surface area contributed by atoms with Crippen LogP contribution in [0.2, 0.25) is 0 Å². The lowest BCUT2D eigenvalue weighted by Crippen LogP contribution is -2.47. The Kier molecular flexibility index (Phi) is 7.02. The van der Waals surface area contributed by atoms with Crippen molar-refractivity contribution in [1.82, 2.24) is 34.4 Å². The molecule has 12 heteroatoms. The highest BCUT2D eigenvalue weighted by Crippen LogP contribution is 2.33. The topological polar surface area (TPSA) is 131 Å². The van der Waals surface area contributed by atoms with Crippen molar-refractivity contribution < 1.29 is 13.6 Å². The van der Waals surface area contributed by atoms with Crippen LogP contribution in [0.4, 0.5) is 16.3 Å². The molecule has 0 unspecified atom stereocenters. The highest BCUT2D eigenvalue weighted by Gasteiger charge is 2.33. The molecule has 2 saturated heterocycles. The largest absolute Gasteiger partial charge is 0.461 e. The summed E-state index contributed by atoms with van der Waals surface area (Å²) in [6, 6.07) is 2.98. The Morgan fingerprint density at radius 1 is 1.16 bits per heavy atom. The van der Waals surface area contributed by atoms with Crippen molar-refractivity contribution in [3.63, 3.8) is 0 Å². The number of halogens is 1. The van der Waals surface area contributed by atoms with Gasteiger partial charge >= 0.3 is 0 Å². The second-order valence-electron chi connectivity index (χ2n) is 10.9. The van der Waals surface area contributed by atoms with E-state index in [1.165, 1.54) is 10.8 Å². The fourth-order valence-electron chi connectivity index (χ4n) is 5.61. The van der Waals surface area contributed by atoms with E-state index < -0.39 is 11.7 Å². The molecule has 3 aromatic heterocycles. The van der Waals surface area contributed by atoms with E-state index in [4.69, 9.17) is 10.2 Å². The molecule has 1 atom stereocenters. The summed E-state index contributed by atoms with van der Waals surface area (Å²) < 4.78 is 20.7. The van der Waals surface area contributed by atoms with Crippen LogP contribution >= 0.6 is 0 Å². The average molecular weight is 514 g/mol. The molecule has 5 rings (SSSR count). The van der Waals surface area contributed by atoms with Gasteiger partial charge in [0, 0.05) is 19.6 Å². The molecule has 3 aromatic rings. The smallest absolute Gasteiger partial charge is 0.259 e. The number of carbonyl (C=O) groups is 1. The number of fused-ring (bicyclic) bond motifs is 1. The zero-order valence-corrected chi connectivity index (χ0v) is 21.7. The third-order valence-electron chi connectivity index (χ3n) is 7.44. The van der Waals surface area contributed by atoms with Crippen molar-refractivity contribution in [3.8, 4) is 11.6 Å². The van der Waals surface area contributed by atoms with Crippen LogP contribution < -0.4 is 11.1 Å². The molecule has 2 fully saturated rings. The van der Waals surface area contributed by atoms with E-state index in [2.05, 4.69) is 30.3 Å². The van der Waals surface area contributed by atoms with E-state index in [1.54, 1.807) is 32.9 Å². The molecule has 2 aliphatic heterocycles. The molecule has 2 aliphatic rings. The summed E-state index contributed by atoms with van der Waals surface area (Å²) in [6.07, 6.45) is 5.76. The summed E-state index contributed by atoms with van der Waals surface area (Å²) in [5.41, 5.74) is 4.92. The maximum atomic E-state index is 14.0. The molecule has 1 amide bonds. The van der Waals surface area contributed by atoms with Gasteiger partial charge in [-0.15, -0.1) is 5.10 Å². The first-order valence-electron chi connectivity index (χ1n) is 13.1. The number of amides is 1. The number of carbonyl (C=O) groups excluding carboxylic acids is 1. The van der Waals surface area contributed by atoms with Crippen LogP contribution in [0.5, 0.6) is 0 Å². The van der Waals surface area contributed by atoms with Crippen LogP contribution in [0, 0.1) is 11.8 Å². The molecule has 200 valence electrons. The minimum Gasteiger partial charge on any atom is -0.461 e. The molecule has 11 nitrogen and oxygen atoms in total. The van der Waals surface area contributed by atoms with Crippen LogP contribution in [0.15, 0.2) is 22.8 Å². The number of alkyl halides is 1. The highest BCUT2D eigenvalue weighted by molar-refractivity contribution is 5.84. The molecule has 0 aromatic carbocycles. The van der Waals surface area contributed by atoms with E-state index in [0.717, 1.165) is 51.9 Å². The molecular weight excluding hydrogens is 477 g/mol.